The molecule has 2 heterocycles. The number of anilines is 1. The number of rotatable bonds is 4. The number of furan rings is 1. The molecule has 1 aliphatic rings. The Bertz CT molecular complexity index is 1040. The van der Waals surface area contributed by atoms with Gasteiger partial charge in [-0.15, -0.1) is 11.3 Å². The van der Waals surface area contributed by atoms with E-state index in [1.165, 1.54) is 11.3 Å². The molecule has 0 radical (unpaired) electrons. The molecule has 0 fully saturated rings. The first-order chi connectivity index (χ1) is 13.6. The van der Waals surface area contributed by atoms with Crippen LogP contribution in [0.5, 0.6) is 0 Å². The lowest BCUT2D eigenvalue weighted by molar-refractivity contribution is 0.0953. The first-order valence-electron chi connectivity index (χ1n) is 8.89. The summed E-state index contributed by atoms with van der Waals surface area (Å²) in [6.45, 7) is 1.83. The van der Waals surface area contributed by atoms with Crippen molar-refractivity contribution in [3.8, 4) is 0 Å². The number of nitrogens with zero attached hydrogens (tertiary/aromatic N) is 2. The highest BCUT2D eigenvalue weighted by molar-refractivity contribution is 7.13. The third-order valence-electron chi connectivity index (χ3n) is 4.51. The summed E-state index contributed by atoms with van der Waals surface area (Å²) < 4.78 is 5.84. The van der Waals surface area contributed by atoms with Crippen LogP contribution in [0.1, 0.15) is 50.6 Å². The van der Waals surface area contributed by atoms with Gasteiger partial charge in [-0.25, -0.2) is 10.4 Å². The Labute approximate surface area is 165 Å². The summed E-state index contributed by atoms with van der Waals surface area (Å²) in [5, 5.41) is 9.37. The van der Waals surface area contributed by atoms with Crippen molar-refractivity contribution in [1.82, 2.24) is 10.4 Å². The minimum absolute atomic E-state index is 0.254. The molecule has 7 nitrogen and oxygen atoms in total. The number of carbonyl (C=O) groups is 2. The predicted molar refractivity (Wildman–Crippen MR) is 107 cm³/mol. The molecule has 8 heteroatoms. The smallest absolute Gasteiger partial charge is 0.293 e. The number of thiazole rings is 1. The number of aromatic nitrogens is 1. The number of hydrogen-bond donors (Lipinski definition) is 2. The van der Waals surface area contributed by atoms with Crippen LogP contribution in [-0.2, 0) is 6.42 Å². The zero-order valence-corrected chi connectivity index (χ0v) is 16.0. The summed E-state index contributed by atoms with van der Waals surface area (Å²) in [6.07, 6.45) is 3.90. The number of benzene rings is 1. The second kappa shape index (κ2) is 7.77. The van der Waals surface area contributed by atoms with Crippen molar-refractivity contribution in [2.24, 2.45) is 5.10 Å². The number of hydrazone groups is 1. The van der Waals surface area contributed by atoms with E-state index in [0.29, 0.717) is 17.1 Å². The standard InChI is InChI=1S/C20H18N4O3S/c1-12-16-14(23-24-18(25)13-6-3-2-4-7-13)8-5-9-15(16)27-17(12)19(26)22-20-21-10-11-28-20/h2-4,6-7,10-11H,5,8-9H2,1H3,(H,24,25)(H,21,22,26)/b23-14+. The summed E-state index contributed by atoms with van der Waals surface area (Å²) in [7, 11) is 0. The molecule has 2 N–H and O–H groups in total. The molecule has 3 aromatic rings. The largest absolute Gasteiger partial charge is 0.455 e. The van der Waals surface area contributed by atoms with Crippen molar-refractivity contribution in [2.75, 3.05) is 5.32 Å². The average Bonchev–Trinajstić information content (AvgIpc) is 3.35. The van der Waals surface area contributed by atoms with Crippen LogP contribution in [0.15, 0.2) is 51.4 Å². The zero-order chi connectivity index (χ0) is 19.5. The van der Waals surface area contributed by atoms with Gasteiger partial charge in [-0.05, 0) is 31.9 Å². The highest BCUT2D eigenvalue weighted by Gasteiger charge is 2.28. The van der Waals surface area contributed by atoms with Crippen molar-refractivity contribution in [2.45, 2.75) is 26.2 Å². The van der Waals surface area contributed by atoms with E-state index in [1.807, 2.05) is 13.0 Å². The van der Waals surface area contributed by atoms with Crippen LogP contribution in [-0.4, -0.2) is 22.5 Å². The van der Waals surface area contributed by atoms with Crippen molar-refractivity contribution >= 4 is 34.0 Å². The summed E-state index contributed by atoms with van der Waals surface area (Å²) >= 11 is 1.34. The Balaban J connectivity index is 1.58. The lowest BCUT2D eigenvalue weighted by Gasteiger charge is -2.13. The van der Waals surface area contributed by atoms with Crippen molar-refractivity contribution in [1.29, 1.82) is 0 Å². The molecule has 28 heavy (non-hydrogen) atoms. The van der Waals surface area contributed by atoms with Gasteiger partial charge in [0.2, 0.25) is 0 Å². The molecule has 142 valence electrons. The molecule has 0 spiro atoms. The van der Waals surface area contributed by atoms with Gasteiger partial charge in [0, 0.05) is 34.7 Å². The number of fused-ring (bicyclic) bond motifs is 1. The molecule has 0 saturated carbocycles. The molecule has 1 aromatic carbocycles. The Morgan fingerprint density at radius 2 is 2.00 bits per heavy atom. The summed E-state index contributed by atoms with van der Waals surface area (Å²) in [5.41, 5.74) is 5.40. The fraction of sp³-hybridized carbons (Fsp3) is 0.200. The first kappa shape index (κ1) is 18.1. The van der Waals surface area contributed by atoms with Gasteiger partial charge in [-0.1, -0.05) is 18.2 Å². The molecular formula is C20H18N4O3S. The predicted octanol–water partition coefficient (Wildman–Crippen LogP) is 3.77. The van der Waals surface area contributed by atoms with Crippen LogP contribution in [0.3, 0.4) is 0 Å². The second-order valence-corrected chi connectivity index (χ2v) is 7.26. The van der Waals surface area contributed by atoms with Gasteiger partial charge in [-0.2, -0.15) is 5.10 Å². The van der Waals surface area contributed by atoms with E-state index in [9.17, 15) is 9.59 Å². The minimum Gasteiger partial charge on any atom is -0.455 e. The van der Waals surface area contributed by atoms with E-state index in [4.69, 9.17) is 4.42 Å². The van der Waals surface area contributed by atoms with Crippen LogP contribution in [0.25, 0.3) is 0 Å². The molecule has 2 aromatic heterocycles. The molecule has 0 bridgehead atoms. The van der Waals surface area contributed by atoms with Gasteiger partial charge < -0.3 is 4.42 Å². The van der Waals surface area contributed by atoms with Gasteiger partial charge in [0.05, 0.1) is 5.71 Å². The van der Waals surface area contributed by atoms with E-state index >= 15 is 0 Å². The number of amides is 2. The molecule has 1 aliphatic carbocycles. The van der Waals surface area contributed by atoms with Gasteiger partial charge >= 0.3 is 0 Å². The Hall–Kier alpha value is -3.26. The van der Waals surface area contributed by atoms with Crippen LogP contribution < -0.4 is 10.7 Å². The number of aryl methyl sites for hydroxylation is 1. The van der Waals surface area contributed by atoms with Crippen molar-refractivity contribution in [3.05, 3.63) is 70.1 Å². The quantitative estimate of drug-likeness (QED) is 0.659. The van der Waals surface area contributed by atoms with E-state index in [0.717, 1.165) is 35.4 Å². The van der Waals surface area contributed by atoms with Crippen LogP contribution in [0.4, 0.5) is 5.13 Å². The van der Waals surface area contributed by atoms with Gasteiger partial charge in [0.15, 0.2) is 10.9 Å². The lowest BCUT2D eigenvalue weighted by Crippen LogP contribution is -2.22. The van der Waals surface area contributed by atoms with E-state index < -0.39 is 0 Å². The summed E-state index contributed by atoms with van der Waals surface area (Å²) in [4.78, 5) is 28.9. The molecule has 2 amide bonds. The van der Waals surface area contributed by atoms with Crippen molar-refractivity contribution in [3.63, 3.8) is 0 Å². The fourth-order valence-electron chi connectivity index (χ4n) is 3.21. The number of nitrogens with one attached hydrogen (secondary N) is 2. The molecule has 0 saturated heterocycles. The average molecular weight is 394 g/mol. The van der Waals surface area contributed by atoms with Gasteiger partial charge in [-0.3, -0.25) is 14.9 Å². The normalized spacial score (nSPS) is 14.5. The number of carbonyl (C=O) groups excluding carboxylic acids is 2. The highest BCUT2D eigenvalue weighted by Crippen LogP contribution is 2.30. The Morgan fingerprint density at radius 1 is 1.18 bits per heavy atom. The van der Waals surface area contributed by atoms with E-state index in [1.54, 1.807) is 35.8 Å². The van der Waals surface area contributed by atoms with Crippen LogP contribution in [0, 0.1) is 6.92 Å². The van der Waals surface area contributed by atoms with Crippen molar-refractivity contribution < 1.29 is 14.0 Å². The van der Waals surface area contributed by atoms with E-state index in [2.05, 4.69) is 20.8 Å². The molecule has 0 aliphatic heterocycles. The number of hydrogen-bond acceptors (Lipinski definition) is 6. The monoisotopic (exact) mass is 394 g/mol. The highest BCUT2D eigenvalue weighted by atomic mass is 32.1. The summed E-state index contributed by atoms with van der Waals surface area (Å²) in [5.74, 6) is 0.363. The Morgan fingerprint density at radius 3 is 2.75 bits per heavy atom. The zero-order valence-electron chi connectivity index (χ0n) is 15.2. The first-order valence-corrected chi connectivity index (χ1v) is 9.77. The molecular weight excluding hydrogens is 376 g/mol. The maximum atomic E-state index is 12.6. The summed E-state index contributed by atoms with van der Waals surface area (Å²) in [6, 6.07) is 8.91. The minimum atomic E-state index is -0.338. The fourth-order valence-corrected chi connectivity index (χ4v) is 3.73. The topological polar surface area (TPSA) is 96.6 Å². The lowest BCUT2D eigenvalue weighted by atomic mass is 9.93. The maximum absolute atomic E-state index is 12.6. The van der Waals surface area contributed by atoms with Crippen LogP contribution >= 0.6 is 11.3 Å². The third kappa shape index (κ3) is 3.59. The SMILES string of the molecule is Cc1c(C(=O)Nc2nccs2)oc2c1/C(=N/NC(=O)c1ccccc1)CCC2. The third-order valence-corrected chi connectivity index (χ3v) is 5.20. The second-order valence-electron chi connectivity index (χ2n) is 6.36. The molecule has 0 unspecified atom stereocenters. The molecule has 4 rings (SSSR count). The van der Waals surface area contributed by atoms with Crippen LogP contribution in [0.2, 0.25) is 0 Å². The van der Waals surface area contributed by atoms with E-state index in [-0.39, 0.29) is 17.6 Å². The van der Waals surface area contributed by atoms with Gasteiger partial charge in [0.1, 0.15) is 5.76 Å². The maximum Gasteiger partial charge on any atom is 0.293 e. The molecule has 0 atom stereocenters. The Kier molecular flexibility index (Phi) is 5.03. The van der Waals surface area contributed by atoms with Gasteiger partial charge in [0.25, 0.3) is 11.8 Å².